The maximum atomic E-state index is 14.4. The monoisotopic (exact) mass is 540 g/mol. The summed E-state index contributed by atoms with van der Waals surface area (Å²) in [6, 6.07) is 41.3. The van der Waals surface area contributed by atoms with E-state index in [1.54, 1.807) is 22.0 Å². The molecule has 0 fully saturated rings. The largest absolute Gasteiger partial charge is 0.288 e. The number of rotatable bonds is 7. The van der Waals surface area contributed by atoms with Gasteiger partial charge in [0.25, 0.3) is 5.91 Å². The van der Waals surface area contributed by atoms with E-state index in [1.807, 2.05) is 103 Å². The molecule has 194 valence electrons. The second-order valence-corrected chi connectivity index (χ2v) is 9.74. The van der Waals surface area contributed by atoms with Crippen molar-refractivity contribution in [3.63, 3.8) is 0 Å². The van der Waals surface area contributed by atoms with Gasteiger partial charge in [-0.3, -0.25) is 9.69 Å². The van der Waals surface area contributed by atoms with E-state index in [4.69, 9.17) is 11.6 Å². The molecule has 0 saturated heterocycles. The van der Waals surface area contributed by atoms with Crippen molar-refractivity contribution in [3.8, 4) is 28.1 Å². The number of hydrogen-bond donors (Lipinski definition) is 0. The van der Waals surface area contributed by atoms with Crippen LogP contribution in [0.25, 0.3) is 28.1 Å². The van der Waals surface area contributed by atoms with Crippen LogP contribution in [0.2, 0.25) is 5.02 Å². The summed E-state index contributed by atoms with van der Waals surface area (Å²) in [5, 5.41) is 5.27. The molecule has 6 aromatic rings. The van der Waals surface area contributed by atoms with Crippen LogP contribution in [-0.2, 0) is 6.54 Å². The van der Waals surface area contributed by atoms with Crippen molar-refractivity contribution in [2.45, 2.75) is 6.54 Å². The molecule has 0 atom stereocenters. The van der Waals surface area contributed by atoms with Crippen LogP contribution in [-0.4, -0.2) is 20.7 Å². The van der Waals surface area contributed by atoms with Crippen molar-refractivity contribution in [3.05, 3.63) is 156 Å². The lowest BCUT2D eigenvalue weighted by Gasteiger charge is -2.22. The standard InChI is InChI=1S/C34H25ClN4O/c35-29-14-9-15-30(22-29)39-33(28-19-17-27(18-20-28)26-12-5-2-6-13-26)31(23-37-39)34(40)38(32-16-7-8-21-36-32)24-25-10-3-1-4-11-25/h1-23H,24H2. The van der Waals surface area contributed by atoms with Crippen LogP contribution in [0.1, 0.15) is 15.9 Å². The molecule has 2 aromatic heterocycles. The third-order valence-electron chi connectivity index (χ3n) is 6.67. The Balaban J connectivity index is 1.47. The van der Waals surface area contributed by atoms with E-state index in [0.29, 0.717) is 28.6 Å². The van der Waals surface area contributed by atoms with Gasteiger partial charge in [-0.1, -0.05) is 109 Å². The minimum absolute atomic E-state index is 0.196. The highest BCUT2D eigenvalue weighted by atomic mass is 35.5. The van der Waals surface area contributed by atoms with E-state index in [2.05, 4.69) is 34.3 Å². The molecule has 0 bridgehead atoms. The van der Waals surface area contributed by atoms with Gasteiger partial charge >= 0.3 is 0 Å². The predicted molar refractivity (Wildman–Crippen MR) is 161 cm³/mol. The molecule has 0 aliphatic heterocycles. The summed E-state index contributed by atoms with van der Waals surface area (Å²) in [7, 11) is 0. The molecule has 0 spiro atoms. The molecule has 4 aromatic carbocycles. The maximum absolute atomic E-state index is 14.4. The summed E-state index contributed by atoms with van der Waals surface area (Å²) in [6.07, 6.45) is 3.32. The van der Waals surface area contributed by atoms with Crippen molar-refractivity contribution in [2.75, 3.05) is 4.90 Å². The number of carbonyl (C=O) groups excluding carboxylic acids is 1. The summed E-state index contributed by atoms with van der Waals surface area (Å²) >= 11 is 6.35. The fourth-order valence-electron chi connectivity index (χ4n) is 4.72. The average Bonchev–Trinajstić information content (AvgIpc) is 3.46. The Morgan fingerprint density at radius 3 is 2.10 bits per heavy atom. The Kier molecular flexibility index (Phi) is 7.20. The Morgan fingerprint density at radius 1 is 0.725 bits per heavy atom. The Hall–Kier alpha value is -5.00. The average molecular weight is 541 g/mol. The van der Waals surface area contributed by atoms with Crippen molar-refractivity contribution in [1.82, 2.24) is 14.8 Å². The zero-order valence-electron chi connectivity index (χ0n) is 21.6. The van der Waals surface area contributed by atoms with Crippen LogP contribution in [0.15, 0.2) is 140 Å². The summed E-state index contributed by atoms with van der Waals surface area (Å²) in [6.45, 7) is 0.366. The maximum Gasteiger partial charge on any atom is 0.263 e. The molecule has 0 saturated carbocycles. The first-order valence-electron chi connectivity index (χ1n) is 12.9. The summed E-state index contributed by atoms with van der Waals surface area (Å²) in [5.41, 5.74) is 5.98. The second kappa shape index (κ2) is 11.4. The van der Waals surface area contributed by atoms with Gasteiger partial charge in [-0.2, -0.15) is 5.10 Å². The zero-order valence-corrected chi connectivity index (χ0v) is 22.3. The third kappa shape index (κ3) is 5.28. The van der Waals surface area contributed by atoms with Gasteiger partial charge < -0.3 is 0 Å². The van der Waals surface area contributed by atoms with Gasteiger partial charge in [0.15, 0.2) is 0 Å². The number of pyridine rings is 1. The number of halogens is 1. The van der Waals surface area contributed by atoms with Gasteiger partial charge in [-0.15, -0.1) is 0 Å². The molecular formula is C34H25ClN4O. The SMILES string of the molecule is O=C(c1cnn(-c2cccc(Cl)c2)c1-c1ccc(-c2ccccc2)cc1)N(Cc1ccccc1)c1ccccn1. The quantitative estimate of drug-likeness (QED) is 0.205. The highest BCUT2D eigenvalue weighted by Crippen LogP contribution is 2.32. The molecule has 0 unspecified atom stereocenters. The molecule has 0 N–H and O–H groups in total. The van der Waals surface area contributed by atoms with Gasteiger partial charge in [0.05, 0.1) is 29.7 Å². The molecule has 0 aliphatic carbocycles. The lowest BCUT2D eigenvalue weighted by atomic mass is 10.0. The molecule has 6 rings (SSSR count). The number of nitrogens with zero attached hydrogens (tertiary/aromatic N) is 4. The normalized spacial score (nSPS) is 10.8. The van der Waals surface area contributed by atoms with Crippen LogP contribution in [0.3, 0.4) is 0 Å². The molecule has 6 heteroatoms. The lowest BCUT2D eigenvalue weighted by molar-refractivity contribution is 0.0985. The van der Waals surface area contributed by atoms with E-state index in [-0.39, 0.29) is 5.91 Å². The highest BCUT2D eigenvalue weighted by Gasteiger charge is 2.26. The van der Waals surface area contributed by atoms with E-state index in [1.165, 1.54) is 0 Å². The number of carbonyl (C=O) groups is 1. The van der Waals surface area contributed by atoms with Gasteiger partial charge in [0.2, 0.25) is 0 Å². The molecule has 0 aliphatic rings. The minimum Gasteiger partial charge on any atom is -0.288 e. The van der Waals surface area contributed by atoms with E-state index in [9.17, 15) is 4.79 Å². The van der Waals surface area contributed by atoms with Gasteiger partial charge in [0, 0.05) is 16.8 Å². The Bertz CT molecular complexity index is 1730. The first-order chi connectivity index (χ1) is 19.7. The molecular weight excluding hydrogens is 516 g/mol. The first kappa shape index (κ1) is 25.3. The number of amides is 1. The number of benzene rings is 4. The van der Waals surface area contributed by atoms with E-state index < -0.39 is 0 Å². The highest BCUT2D eigenvalue weighted by molar-refractivity contribution is 6.30. The van der Waals surface area contributed by atoms with Crippen LogP contribution in [0.4, 0.5) is 5.82 Å². The van der Waals surface area contributed by atoms with E-state index >= 15 is 0 Å². The molecule has 40 heavy (non-hydrogen) atoms. The Labute approximate surface area is 237 Å². The van der Waals surface area contributed by atoms with Crippen molar-refractivity contribution >= 4 is 23.3 Å². The molecule has 1 amide bonds. The van der Waals surface area contributed by atoms with Crippen molar-refractivity contribution in [1.29, 1.82) is 0 Å². The summed E-state index contributed by atoms with van der Waals surface area (Å²) in [5.74, 6) is 0.371. The molecule has 5 nitrogen and oxygen atoms in total. The number of hydrogen-bond acceptors (Lipinski definition) is 3. The molecule has 0 radical (unpaired) electrons. The van der Waals surface area contributed by atoms with E-state index in [0.717, 1.165) is 27.9 Å². The summed E-state index contributed by atoms with van der Waals surface area (Å²) < 4.78 is 1.77. The van der Waals surface area contributed by atoms with Crippen LogP contribution >= 0.6 is 11.6 Å². The fraction of sp³-hybridized carbons (Fsp3) is 0.0294. The minimum atomic E-state index is -0.196. The van der Waals surface area contributed by atoms with Gasteiger partial charge in [0.1, 0.15) is 5.82 Å². The number of aromatic nitrogens is 3. The van der Waals surface area contributed by atoms with Crippen molar-refractivity contribution < 1.29 is 4.79 Å². The predicted octanol–water partition coefficient (Wildman–Crippen LogP) is 8.10. The smallest absolute Gasteiger partial charge is 0.263 e. The second-order valence-electron chi connectivity index (χ2n) is 9.31. The summed E-state index contributed by atoms with van der Waals surface area (Å²) in [4.78, 5) is 20.5. The van der Waals surface area contributed by atoms with Crippen molar-refractivity contribution in [2.24, 2.45) is 0 Å². The topological polar surface area (TPSA) is 51.0 Å². The Morgan fingerprint density at radius 2 is 1.40 bits per heavy atom. The van der Waals surface area contributed by atoms with Crippen LogP contribution < -0.4 is 4.90 Å². The third-order valence-corrected chi connectivity index (χ3v) is 6.91. The van der Waals surface area contributed by atoms with Gasteiger partial charge in [-0.05, 0) is 47.0 Å². The van der Waals surface area contributed by atoms with Gasteiger partial charge in [-0.25, -0.2) is 9.67 Å². The molecule has 2 heterocycles. The van der Waals surface area contributed by atoms with Crippen LogP contribution in [0, 0.1) is 0 Å². The zero-order chi connectivity index (χ0) is 27.3. The number of anilines is 1. The van der Waals surface area contributed by atoms with Crippen LogP contribution in [0.5, 0.6) is 0 Å². The first-order valence-corrected chi connectivity index (χ1v) is 13.3. The lowest BCUT2D eigenvalue weighted by Crippen LogP contribution is -2.31. The fourth-order valence-corrected chi connectivity index (χ4v) is 4.90.